The van der Waals surface area contributed by atoms with Crippen LogP contribution in [0.25, 0.3) is 0 Å². The standard InChI is InChI=1S/C21H30N4O2/c1-23(21(26)19-10-12-22-24(19)2)15-17-7-6-13-25(16-17)14-11-18-8-4-5-9-20(18)27-3/h4-5,8-10,12,17H,6-7,11,13-16H2,1-3H3/t17-/m0/s1. The summed E-state index contributed by atoms with van der Waals surface area (Å²) in [7, 11) is 5.43. The number of amides is 1. The highest BCUT2D eigenvalue weighted by Crippen LogP contribution is 2.21. The quantitative estimate of drug-likeness (QED) is 0.751. The Labute approximate surface area is 161 Å². The minimum atomic E-state index is 0.0427. The molecular formula is C21H30N4O2. The van der Waals surface area contributed by atoms with Gasteiger partial charge in [-0.3, -0.25) is 9.48 Å². The van der Waals surface area contributed by atoms with Crippen LogP contribution in [-0.4, -0.2) is 65.8 Å². The van der Waals surface area contributed by atoms with Crippen LogP contribution in [0, 0.1) is 5.92 Å². The number of hydrogen-bond donors (Lipinski definition) is 0. The summed E-state index contributed by atoms with van der Waals surface area (Å²) in [5.74, 6) is 1.52. The van der Waals surface area contributed by atoms with Crippen molar-refractivity contribution < 1.29 is 9.53 Å². The predicted octanol–water partition coefficient (Wildman–Crippen LogP) is 2.46. The summed E-state index contributed by atoms with van der Waals surface area (Å²) in [6, 6.07) is 10.0. The van der Waals surface area contributed by atoms with Gasteiger partial charge in [0.05, 0.1) is 7.11 Å². The van der Waals surface area contributed by atoms with Gasteiger partial charge >= 0.3 is 0 Å². The van der Waals surface area contributed by atoms with Crippen LogP contribution in [0.4, 0.5) is 0 Å². The number of hydrogen-bond acceptors (Lipinski definition) is 4. The summed E-state index contributed by atoms with van der Waals surface area (Å²) < 4.78 is 7.10. The average Bonchev–Trinajstić information content (AvgIpc) is 3.12. The summed E-state index contributed by atoms with van der Waals surface area (Å²) in [6.07, 6.45) is 5.01. The molecule has 2 heterocycles. The summed E-state index contributed by atoms with van der Waals surface area (Å²) in [5, 5.41) is 4.10. The Bertz CT molecular complexity index is 758. The number of rotatable bonds is 7. The zero-order chi connectivity index (χ0) is 19.2. The van der Waals surface area contributed by atoms with E-state index in [2.05, 4.69) is 22.1 Å². The second-order valence-electron chi connectivity index (χ2n) is 7.40. The topological polar surface area (TPSA) is 50.6 Å². The first-order valence-corrected chi connectivity index (χ1v) is 9.66. The van der Waals surface area contributed by atoms with E-state index in [1.165, 1.54) is 18.4 Å². The molecule has 1 aliphatic rings. The molecule has 0 N–H and O–H groups in total. The zero-order valence-corrected chi connectivity index (χ0v) is 16.6. The van der Waals surface area contributed by atoms with Crippen LogP contribution >= 0.6 is 0 Å². The van der Waals surface area contributed by atoms with E-state index in [1.54, 1.807) is 31.1 Å². The molecule has 3 rings (SSSR count). The largest absolute Gasteiger partial charge is 0.496 e. The van der Waals surface area contributed by atoms with E-state index < -0.39 is 0 Å². The maximum Gasteiger partial charge on any atom is 0.271 e. The third-order valence-corrected chi connectivity index (χ3v) is 5.41. The van der Waals surface area contributed by atoms with Crippen molar-refractivity contribution in [2.24, 2.45) is 13.0 Å². The van der Waals surface area contributed by atoms with Crippen LogP contribution in [0.3, 0.4) is 0 Å². The van der Waals surface area contributed by atoms with Gasteiger partial charge in [0.15, 0.2) is 0 Å². The Kier molecular flexibility index (Phi) is 6.50. The molecule has 1 aromatic heterocycles. The molecule has 1 aromatic carbocycles. The fourth-order valence-corrected chi connectivity index (χ4v) is 3.94. The molecule has 6 nitrogen and oxygen atoms in total. The summed E-state index contributed by atoms with van der Waals surface area (Å²) in [6.45, 7) is 3.98. The van der Waals surface area contributed by atoms with E-state index in [0.29, 0.717) is 11.6 Å². The van der Waals surface area contributed by atoms with E-state index in [-0.39, 0.29) is 5.91 Å². The fraction of sp³-hybridized carbons (Fsp3) is 0.524. The van der Waals surface area contributed by atoms with Crippen molar-refractivity contribution in [2.45, 2.75) is 19.3 Å². The van der Waals surface area contributed by atoms with E-state index in [4.69, 9.17) is 4.74 Å². The molecule has 0 saturated carbocycles. The van der Waals surface area contributed by atoms with E-state index in [9.17, 15) is 4.79 Å². The van der Waals surface area contributed by atoms with E-state index >= 15 is 0 Å². The lowest BCUT2D eigenvalue weighted by molar-refractivity contribution is 0.0719. The van der Waals surface area contributed by atoms with Gasteiger partial charge < -0.3 is 14.5 Å². The summed E-state index contributed by atoms with van der Waals surface area (Å²) >= 11 is 0. The monoisotopic (exact) mass is 370 g/mol. The first-order chi connectivity index (χ1) is 13.1. The molecule has 0 unspecified atom stereocenters. The number of likely N-dealkylation sites (tertiary alicyclic amines) is 1. The first-order valence-electron chi connectivity index (χ1n) is 9.66. The molecule has 1 atom stereocenters. The third-order valence-electron chi connectivity index (χ3n) is 5.41. The van der Waals surface area contributed by atoms with Crippen LogP contribution < -0.4 is 4.74 Å². The Balaban J connectivity index is 1.52. The lowest BCUT2D eigenvalue weighted by atomic mass is 9.97. The van der Waals surface area contributed by atoms with Crippen molar-refractivity contribution in [2.75, 3.05) is 40.3 Å². The predicted molar refractivity (Wildman–Crippen MR) is 106 cm³/mol. The van der Waals surface area contributed by atoms with Crippen LogP contribution in [-0.2, 0) is 13.5 Å². The number of aromatic nitrogens is 2. The minimum Gasteiger partial charge on any atom is -0.496 e. The van der Waals surface area contributed by atoms with Crippen molar-refractivity contribution in [1.82, 2.24) is 19.6 Å². The van der Waals surface area contributed by atoms with Crippen molar-refractivity contribution in [1.29, 1.82) is 0 Å². The Morgan fingerprint density at radius 2 is 2.15 bits per heavy atom. The average molecular weight is 370 g/mol. The minimum absolute atomic E-state index is 0.0427. The number of carbonyl (C=O) groups is 1. The maximum atomic E-state index is 12.6. The molecule has 1 aliphatic heterocycles. The summed E-state index contributed by atoms with van der Waals surface area (Å²) in [5.41, 5.74) is 1.90. The molecule has 1 fully saturated rings. The molecule has 0 bridgehead atoms. The van der Waals surface area contributed by atoms with Crippen molar-refractivity contribution in [3.8, 4) is 5.75 Å². The Morgan fingerprint density at radius 3 is 2.89 bits per heavy atom. The molecular weight excluding hydrogens is 340 g/mol. The molecule has 2 aromatic rings. The van der Waals surface area contributed by atoms with Gasteiger partial charge in [0, 0.05) is 39.9 Å². The van der Waals surface area contributed by atoms with Gasteiger partial charge in [0.25, 0.3) is 5.91 Å². The lowest BCUT2D eigenvalue weighted by Gasteiger charge is -2.34. The number of benzene rings is 1. The molecule has 0 aliphatic carbocycles. The second kappa shape index (κ2) is 9.04. The molecule has 0 spiro atoms. The number of nitrogens with zero attached hydrogens (tertiary/aromatic N) is 4. The van der Waals surface area contributed by atoms with Gasteiger partial charge in [-0.1, -0.05) is 18.2 Å². The fourth-order valence-electron chi connectivity index (χ4n) is 3.94. The first kappa shape index (κ1) is 19.4. The molecule has 0 radical (unpaired) electrons. The SMILES string of the molecule is COc1ccccc1CCN1CCC[C@@H](CN(C)C(=O)c2ccnn2C)C1. The summed E-state index contributed by atoms with van der Waals surface area (Å²) in [4.78, 5) is 17.0. The number of ether oxygens (including phenoxy) is 1. The smallest absolute Gasteiger partial charge is 0.271 e. The third kappa shape index (κ3) is 4.89. The second-order valence-corrected chi connectivity index (χ2v) is 7.40. The van der Waals surface area contributed by atoms with Gasteiger partial charge in [-0.05, 0) is 49.4 Å². The zero-order valence-electron chi connectivity index (χ0n) is 16.6. The normalized spacial score (nSPS) is 17.7. The van der Waals surface area contributed by atoms with Crippen molar-refractivity contribution >= 4 is 5.91 Å². The highest BCUT2D eigenvalue weighted by atomic mass is 16.5. The van der Waals surface area contributed by atoms with E-state index in [1.807, 2.05) is 24.1 Å². The molecule has 6 heteroatoms. The van der Waals surface area contributed by atoms with Crippen LogP contribution in [0.15, 0.2) is 36.5 Å². The van der Waals surface area contributed by atoms with E-state index in [0.717, 1.165) is 38.3 Å². The van der Waals surface area contributed by atoms with Crippen LogP contribution in [0.2, 0.25) is 0 Å². The van der Waals surface area contributed by atoms with Crippen molar-refractivity contribution in [3.63, 3.8) is 0 Å². The van der Waals surface area contributed by atoms with Gasteiger partial charge in [-0.15, -0.1) is 0 Å². The maximum absolute atomic E-state index is 12.6. The number of aryl methyl sites for hydroxylation is 1. The molecule has 27 heavy (non-hydrogen) atoms. The van der Waals surface area contributed by atoms with Gasteiger partial charge in [-0.2, -0.15) is 5.10 Å². The lowest BCUT2D eigenvalue weighted by Crippen LogP contribution is -2.42. The number of piperidine rings is 1. The van der Waals surface area contributed by atoms with Crippen LogP contribution in [0.1, 0.15) is 28.9 Å². The van der Waals surface area contributed by atoms with Crippen molar-refractivity contribution in [3.05, 3.63) is 47.8 Å². The number of para-hydroxylation sites is 1. The number of methoxy groups -OCH3 is 1. The van der Waals surface area contributed by atoms with Gasteiger partial charge in [0.1, 0.15) is 11.4 Å². The molecule has 146 valence electrons. The number of carbonyl (C=O) groups excluding carboxylic acids is 1. The Morgan fingerprint density at radius 1 is 1.33 bits per heavy atom. The van der Waals surface area contributed by atoms with Crippen LogP contribution in [0.5, 0.6) is 5.75 Å². The highest BCUT2D eigenvalue weighted by molar-refractivity contribution is 5.92. The van der Waals surface area contributed by atoms with Gasteiger partial charge in [-0.25, -0.2) is 0 Å². The van der Waals surface area contributed by atoms with Gasteiger partial charge in [0.2, 0.25) is 0 Å². The Hall–Kier alpha value is -2.34. The highest BCUT2D eigenvalue weighted by Gasteiger charge is 2.24. The molecule has 1 amide bonds. The molecule has 1 saturated heterocycles.